The summed E-state index contributed by atoms with van der Waals surface area (Å²) in [5, 5.41) is 5.76. The van der Waals surface area contributed by atoms with Gasteiger partial charge in [-0.05, 0) is 67.0 Å². The molecule has 0 radical (unpaired) electrons. The number of carbonyl (C=O) groups is 2. The molecule has 1 aliphatic carbocycles. The van der Waals surface area contributed by atoms with Crippen LogP contribution in [0.2, 0.25) is 0 Å². The van der Waals surface area contributed by atoms with Crippen molar-refractivity contribution in [3.63, 3.8) is 0 Å². The number of carbonyl (C=O) groups excluding carboxylic acids is 2. The molecule has 0 aromatic heterocycles. The Bertz CT molecular complexity index is 1080. The Morgan fingerprint density at radius 1 is 0.844 bits per heavy atom. The van der Waals surface area contributed by atoms with Gasteiger partial charge >= 0.3 is 0 Å². The normalized spacial score (nSPS) is 12.5. The molecule has 0 atom stereocenters. The topological polar surface area (TPSA) is 67.4 Å². The predicted molar refractivity (Wildman–Crippen MR) is 126 cm³/mol. The van der Waals surface area contributed by atoms with E-state index in [-0.39, 0.29) is 18.4 Å². The van der Waals surface area contributed by atoms with Crippen LogP contribution in [0.3, 0.4) is 0 Å². The van der Waals surface area contributed by atoms with Gasteiger partial charge in [-0.15, -0.1) is 0 Å². The summed E-state index contributed by atoms with van der Waals surface area (Å²) >= 11 is 0. The number of rotatable bonds is 8. The number of para-hydroxylation sites is 1. The lowest BCUT2D eigenvalue weighted by molar-refractivity contribution is -0.118. The fourth-order valence-electron chi connectivity index (χ4n) is 4.06. The van der Waals surface area contributed by atoms with Gasteiger partial charge in [-0.25, -0.2) is 0 Å². The number of nitrogens with one attached hydrogen (secondary N) is 2. The third-order valence-corrected chi connectivity index (χ3v) is 5.70. The van der Waals surface area contributed by atoms with Gasteiger partial charge in [0.15, 0.2) is 6.61 Å². The van der Waals surface area contributed by atoms with Gasteiger partial charge < -0.3 is 15.4 Å². The second kappa shape index (κ2) is 10.6. The lowest BCUT2D eigenvalue weighted by Crippen LogP contribution is -2.28. The molecule has 164 valence electrons. The van der Waals surface area contributed by atoms with Gasteiger partial charge in [0.2, 0.25) is 0 Å². The van der Waals surface area contributed by atoms with E-state index in [1.54, 1.807) is 24.3 Å². The number of anilines is 1. The minimum atomic E-state index is -0.289. The third kappa shape index (κ3) is 5.55. The van der Waals surface area contributed by atoms with Crippen molar-refractivity contribution in [1.82, 2.24) is 5.32 Å². The van der Waals surface area contributed by atoms with E-state index >= 15 is 0 Å². The summed E-state index contributed by atoms with van der Waals surface area (Å²) in [7, 11) is 0. The largest absolute Gasteiger partial charge is 0.483 e. The minimum absolute atomic E-state index is 0.0968. The molecule has 0 bridgehead atoms. The van der Waals surface area contributed by atoms with E-state index in [0.717, 1.165) is 37.0 Å². The van der Waals surface area contributed by atoms with Crippen LogP contribution in [0.25, 0.3) is 0 Å². The molecule has 2 amide bonds. The zero-order valence-electron chi connectivity index (χ0n) is 18.1. The van der Waals surface area contributed by atoms with Crippen LogP contribution in [0.15, 0.2) is 72.8 Å². The average molecular weight is 429 g/mol. The first-order valence-electron chi connectivity index (χ1n) is 11.2. The summed E-state index contributed by atoms with van der Waals surface area (Å²) in [5.74, 6) is 0.280. The summed E-state index contributed by atoms with van der Waals surface area (Å²) in [6.45, 7) is 0.424. The molecule has 0 fully saturated rings. The number of benzene rings is 3. The third-order valence-electron chi connectivity index (χ3n) is 5.70. The fourth-order valence-corrected chi connectivity index (χ4v) is 4.06. The summed E-state index contributed by atoms with van der Waals surface area (Å²) in [4.78, 5) is 25.2. The van der Waals surface area contributed by atoms with Crippen LogP contribution in [0, 0.1) is 0 Å². The van der Waals surface area contributed by atoms with Gasteiger partial charge in [0.25, 0.3) is 11.8 Å². The van der Waals surface area contributed by atoms with E-state index in [0.29, 0.717) is 17.8 Å². The molecule has 2 N–H and O–H groups in total. The maximum atomic E-state index is 12.7. The highest BCUT2D eigenvalue weighted by molar-refractivity contribution is 6.04. The molecular weight excluding hydrogens is 400 g/mol. The molecular formula is C27H28N2O3. The Hall–Kier alpha value is -3.60. The average Bonchev–Trinajstić information content (AvgIpc) is 2.83. The van der Waals surface area contributed by atoms with Crippen molar-refractivity contribution in [2.75, 3.05) is 18.5 Å². The zero-order chi connectivity index (χ0) is 22.2. The quantitative estimate of drug-likeness (QED) is 0.553. The molecule has 5 nitrogen and oxygen atoms in total. The second-order valence-corrected chi connectivity index (χ2v) is 7.97. The van der Waals surface area contributed by atoms with Gasteiger partial charge in [-0.1, -0.05) is 54.6 Å². The maximum absolute atomic E-state index is 12.7. The molecule has 5 heteroatoms. The van der Waals surface area contributed by atoms with E-state index in [9.17, 15) is 9.59 Å². The van der Waals surface area contributed by atoms with E-state index < -0.39 is 0 Å². The monoisotopic (exact) mass is 428 g/mol. The van der Waals surface area contributed by atoms with Crippen LogP contribution >= 0.6 is 0 Å². The van der Waals surface area contributed by atoms with Crippen molar-refractivity contribution in [3.05, 3.63) is 95.1 Å². The second-order valence-electron chi connectivity index (χ2n) is 7.97. The highest BCUT2D eigenvalue weighted by Gasteiger charge is 2.16. The van der Waals surface area contributed by atoms with Crippen molar-refractivity contribution in [2.45, 2.75) is 32.1 Å². The summed E-state index contributed by atoms with van der Waals surface area (Å²) < 4.78 is 5.84. The number of fused-ring (bicyclic) bond motifs is 1. The molecule has 0 saturated heterocycles. The van der Waals surface area contributed by atoms with Gasteiger partial charge in [-0.2, -0.15) is 0 Å². The van der Waals surface area contributed by atoms with E-state index in [4.69, 9.17) is 4.74 Å². The van der Waals surface area contributed by atoms with Crippen molar-refractivity contribution in [3.8, 4) is 5.75 Å². The smallest absolute Gasteiger partial charge is 0.262 e. The lowest BCUT2D eigenvalue weighted by Gasteiger charge is -2.19. The Labute approximate surface area is 188 Å². The van der Waals surface area contributed by atoms with E-state index in [2.05, 4.69) is 16.7 Å². The molecule has 1 aliphatic rings. The van der Waals surface area contributed by atoms with Gasteiger partial charge in [0.1, 0.15) is 5.75 Å². The van der Waals surface area contributed by atoms with Crippen molar-refractivity contribution in [2.24, 2.45) is 0 Å². The SMILES string of the molecule is O=C(COc1cccc2c1CCCC2)Nc1ccccc1C(=O)NCCc1ccccc1. The standard InChI is InChI=1S/C27H28N2O3/c30-26(19-32-25-16-8-12-21-11-4-5-13-22(21)25)29-24-15-7-6-14-23(24)27(31)28-18-17-20-9-2-1-3-10-20/h1-3,6-10,12,14-16H,4-5,11,13,17-19H2,(H,28,31)(H,29,30). The van der Waals surface area contributed by atoms with Gasteiger partial charge in [-0.3, -0.25) is 9.59 Å². The first-order chi connectivity index (χ1) is 15.7. The van der Waals surface area contributed by atoms with Crippen LogP contribution in [-0.4, -0.2) is 25.0 Å². The van der Waals surface area contributed by atoms with Gasteiger partial charge in [0.05, 0.1) is 11.3 Å². The van der Waals surface area contributed by atoms with Crippen LogP contribution in [0.4, 0.5) is 5.69 Å². The molecule has 0 heterocycles. The number of hydrogen-bond acceptors (Lipinski definition) is 3. The molecule has 3 aromatic rings. The van der Waals surface area contributed by atoms with Gasteiger partial charge in [0, 0.05) is 6.54 Å². The molecule has 0 spiro atoms. The highest BCUT2D eigenvalue weighted by atomic mass is 16.5. The first kappa shape index (κ1) is 21.6. The number of amides is 2. The van der Waals surface area contributed by atoms with Crippen LogP contribution in [0.1, 0.15) is 39.9 Å². The number of hydrogen-bond donors (Lipinski definition) is 2. The molecule has 3 aromatic carbocycles. The number of aryl methyl sites for hydroxylation is 1. The minimum Gasteiger partial charge on any atom is -0.483 e. The predicted octanol–water partition coefficient (Wildman–Crippen LogP) is 4.56. The Kier molecular flexibility index (Phi) is 7.18. The summed E-state index contributed by atoms with van der Waals surface area (Å²) in [5.41, 5.74) is 4.60. The van der Waals surface area contributed by atoms with Crippen molar-refractivity contribution < 1.29 is 14.3 Å². The van der Waals surface area contributed by atoms with E-state index in [1.165, 1.54) is 17.5 Å². The Balaban J connectivity index is 1.33. The van der Waals surface area contributed by atoms with Crippen LogP contribution in [0.5, 0.6) is 5.75 Å². The molecule has 4 rings (SSSR count). The van der Waals surface area contributed by atoms with Crippen LogP contribution in [-0.2, 0) is 24.1 Å². The van der Waals surface area contributed by atoms with Crippen molar-refractivity contribution >= 4 is 17.5 Å². The zero-order valence-corrected chi connectivity index (χ0v) is 18.1. The lowest BCUT2D eigenvalue weighted by atomic mass is 9.91. The fraction of sp³-hybridized carbons (Fsp3) is 0.259. The molecule has 0 saturated carbocycles. The first-order valence-corrected chi connectivity index (χ1v) is 11.2. The van der Waals surface area contributed by atoms with Crippen LogP contribution < -0.4 is 15.4 Å². The molecule has 32 heavy (non-hydrogen) atoms. The molecule has 0 unspecified atom stereocenters. The Morgan fingerprint density at radius 3 is 2.50 bits per heavy atom. The highest BCUT2D eigenvalue weighted by Crippen LogP contribution is 2.29. The summed E-state index contributed by atoms with van der Waals surface area (Å²) in [6, 6.07) is 23.1. The van der Waals surface area contributed by atoms with Crippen molar-refractivity contribution in [1.29, 1.82) is 0 Å². The number of ether oxygens (including phenoxy) is 1. The van der Waals surface area contributed by atoms with E-state index in [1.807, 2.05) is 42.5 Å². The maximum Gasteiger partial charge on any atom is 0.262 e. The summed E-state index contributed by atoms with van der Waals surface area (Å²) in [6.07, 6.45) is 5.13. The molecule has 0 aliphatic heterocycles. The Morgan fingerprint density at radius 2 is 1.62 bits per heavy atom.